The van der Waals surface area contributed by atoms with Crippen molar-refractivity contribution in [2.75, 3.05) is 30.4 Å². The molecule has 0 unspecified atom stereocenters. The number of rotatable bonds is 6. The largest absolute Gasteiger partial charge is 0.332 e. The highest BCUT2D eigenvalue weighted by atomic mass is 16.2. The molecule has 0 spiro atoms. The van der Waals surface area contributed by atoms with Crippen LogP contribution in [0.2, 0.25) is 0 Å². The van der Waals surface area contributed by atoms with Crippen molar-refractivity contribution in [2.45, 2.75) is 32.6 Å². The second-order valence-electron chi connectivity index (χ2n) is 7.27. The molecular weight excluding hydrogens is 366 g/mol. The van der Waals surface area contributed by atoms with Gasteiger partial charge in [0.1, 0.15) is 0 Å². The molecular formula is C23H27N3O3. The summed E-state index contributed by atoms with van der Waals surface area (Å²) in [5.41, 5.74) is 3.12. The number of hydrogen-bond acceptors (Lipinski definition) is 3. The third-order valence-electron chi connectivity index (χ3n) is 5.15. The van der Waals surface area contributed by atoms with Gasteiger partial charge in [0.05, 0.1) is 6.54 Å². The van der Waals surface area contributed by atoms with Gasteiger partial charge in [-0.15, -0.1) is 0 Å². The van der Waals surface area contributed by atoms with Gasteiger partial charge in [0.25, 0.3) is 5.91 Å². The van der Waals surface area contributed by atoms with Gasteiger partial charge >= 0.3 is 0 Å². The normalized spacial score (nSPS) is 13.9. The summed E-state index contributed by atoms with van der Waals surface area (Å²) in [4.78, 5) is 40.3. The molecule has 1 aliphatic heterocycles. The van der Waals surface area contributed by atoms with Crippen molar-refractivity contribution in [3.8, 4) is 0 Å². The third-order valence-corrected chi connectivity index (χ3v) is 5.15. The number of nitrogens with zero attached hydrogens (tertiary/aromatic N) is 2. The number of benzene rings is 2. The summed E-state index contributed by atoms with van der Waals surface area (Å²) in [6.07, 6.45) is 3.31. The van der Waals surface area contributed by atoms with E-state index in [4.69, 9.17) is 0 Å². The Kier molecular flexibility index (Phi) is 6.65. The molecule has 3 rings (SSSR count). The van der Waals surface area contributed by atoms with Gasteiger partial charge < -0.3 is 15.1 Å². The highest BCUT2D eigenvalue weighted by Crippen LogP contribution is 2.21. The number of carbonyl (C=O) groups excluding carboxylic acids is 3. The second-order valence-corrected chi connectivity index (χ2v) is 7.27. The van der Waals surface area contributed by atoms with Crippen LogP contribution in [0.15, 0.2) is 48.5 Å². The van der Waals surface area contributed by atoms with E-state index >= 15 is 0 Å². The minimum absolute atomic E-state index is 0.0384. The van der Waals surface area contributed by atoms with Crippen LogP contribution in [0, 0.1) is 0 Å². The Morgan fingerprint density at radius 3 is 2.48 bits per heavy atom. The molecule has 0 atom stereocenters. The zero-order valence-electron chi connectivity index (χ0n) is 17.0. The van der Waals surface area contributed by atoms with Crippen LogP contribution in [0.25, 0.3) is 0 Å². The van der Waals surface area contributed by atoms with Crippen LogP contribution >= 0.6 is 0 Å². The SMILES string of the molecule is CCc1ccccc1NC(=O)CN(C)C(=O)c1ccc(N2CCCCC2=O)cc1. The number of nitrogens with one attached hydrogen (secondary N) is 1. The van der Waals surface area contributed by atoms with E-state index in [1.165, 1.54) is 4.90 Å². The lowest BCUT2D eigenvalue weighted by atomic mass is 10.1. The first kappa shape index (κ1) is 20.6. The lowest BCUT2D eigenvalue weighted by molar-refractivity contribution is -0.119. The number of likely N-dealkylation sites (N-methyl/N-ethyl adjacent to an activating group) is 1. The van der Waals surface area contributed by atoms with E-state index in [0.717, 1.165) is 36.2 Å². The van der Waals surface area contributed by atoms with Gasteiger partial charge in [0.2, 0.25) is 11.8 Å². The molecule has 0 saturated carbocycles. The Balaban J connectivity index is 1.60. The standard InChI is InChI=1S/C23H27N3O3/c1-3-17-8-4-5-9-20(17)24-21(27)16-25(2)23(29)18-11-13-19(14-12-18)26-15-7-6-10-22(26)28/h4-5,8-9,11-14H,3,6-7,10,15-16H2,1-2H3,(H,24,27). The van der Waals surface area contributed by atoms with Gasteiger partial charge in [-0.05, 0) is 55.2 Å². The molecule has 6 nitrogen and oxygen atoms in total. The number of piperidine rings is 1. The van der Waals surface area contributed by atoms with Crippen LogP contribution in [0.1, 0.15) is 42.1 Å². The fourth-order valence-electron chi connectivity index (χ4n) is 3.51. The summed E-state index contributed by atoms with van der Waals surface area (Å²) in [6.45, 7) is 2.70. The highest BCUT2D eigenvalue weighted by molar-refractivity contribution is 6.00. The Labute approximate surface area is 171 Å². The van der Waals surface area contributed by atoms with E-state index in [-0.39, 0.29) is 24.3 Å². The number of aryl methyl sites for hydroxylation is 1. The Morgan fingerprint density at radius 1 is 1.07 bits per heavy atom. The summed E-state index contributed by atoms with van der Waals surface area (Å²) in [6, 6.07) is 14.6. The van der Waals surface area contributed by atoms with Crippen molar-refractivity contribution in [3.05, 3.63) is 59.7 Å². The summed E-state index contributed by atoms with van der Waals surface area (Å²) in [5, 5.41) is 2.88. The van der Waals surface area contributed by atoms with Gasteiger partial charge in [0.15, 0.2) is 0 Å². The predicted octanol–water partition coefficient (Wildman–Crippen LogP) is 3.48. The monoisotopic (exact) mass is 393 g/mol. The van der Waals surface area contributed by atoms with E-state index in [2.05, 4.69) is 5.32 Å². The van der Waals surface area contributed by atoms with Crippen LogP contribution < -0.4 is 10.2 Å². The summed E-state index contributed by atoms with van der Waals surface area (Å²) >= 11 is 0. The molecule has 0 bridgehead atoms. The average Bonchev–Trinajstić information content (AvgIpc) is 2.74. The molecule has 29 heavy (non-hydrogen) atoms. The van der Waals surface area contributed by atoms with E-state index in [1.807, 2.05) is 31.2 Å². The van der Waals surface area contributed by atoms with Gasteiger partial charge in [-0.1, -0.05) is 25.1 Å². The molecule has 3 amide bonds. The van der Waals surface area contributed by atoms with Crippen LogP contribution in [0.4, 0.5) is 11.4 Å². The van der Waals surface area contributed by atoms with E-state index in [1.54, 1.807) is 36.2 Å². The molecule has 6 heteroatoms. The molecule has 0 aromatic heterocycles. The quantitative estimate of drug-likeness (QED) is 0.817. The van der Waals surface area contributed by atoms with E-state index in [0.29, 0.717) is 18.5 Å². The van der Waals surface area contributed by atoms with Gasteiger partial charge in [-0.25, -0.2) is 0 Å². The molecule has 1 fully saturated rings. The lowest BCUT2D eigenvalue weighted by Gasteiger charge is -2.27. The minimum Gasteiger partial charge on any atom is -0.332 e. The van der Waals surface area contributed by atoms with Crippen molar-refractivity contribution in [3.63, 3.8) is 0 Å². The number of anilines is 2. The molecule has 0 aliphatic carbocycles. The molecule has 152 valence electrons. The fraction of sp³-hybridized carbons (Fsp3) is 0.348. The average molecular weight is 393 g/mol. The molecule has 1 aliphatic rings. The first-order chi connectivity index (χ1) is 14.0. The number of hydrogen-bond donors (Lipinski definition) is 1. The third kappa shape index (κ3) is 5.02. The van der Waals surface area contributed by atoms with Gasteiger partial charge in [0, 0.05) is 37.0 Å². The fourth-order valence-corrected chi connectivity index (χ4v) is 3.51. The number of amides is 3. The second kappa shape index (κ2) is 9.37. The predicted molar refractivity (Wildman–Crippen MR) is 114 cm³/mol. The Bertz CT molecular complexity index is 892. The van der Waals surface area contributed by atoms with Crippen molar-refractivity contribution in [1.82, 2.24) is 4.90 Å². The zero-order chi connectivity index (χ0) is 20.8. The van der Waals surface area contributed by atoms with Crippen molar-refractivity contribution < 1.29 is 14.4 Å². The summed E-state index contributed by atoms with van der Waals surface area (Å²) < 4.78 is 0. The first-order valence-corrected chi connectivity index (χ1v) is 10.0. The highest BCUT2D eigenvalue weighted by Gasteiger charge is 2.20. The molecule has 1 N–H and O–H groups in total. The van der Waals surface area contributed by atoms with Crippen molar-refractivity contribution in [2.24, 2.45) is 0 Å². The van der Waals surface area contributed by atoms with Crippen LogP contribution in [0.3, 0.4) is 0 Å². The smallest absolute Gasteiger partial charge is 0.254 e. The zero-order valence-corrected chi connectivity index (χ0v) is 17.0. The van der Waals surface area contributed by atoms with Gasteiger partial charge in [-0.2, -0.15) is 0 Å². The maximum atomic E-state index is 12.7. The lowest BCUT2D eigenvalue weighted by Crippen LogP contribution is -2.36. The van der Waals surface area contributed by atoms with Crippen LogP contribution in [0.5, 0.6) is 0 Å². The van der Waals surface area contributed by atoms with Crippen molar-refractivity contribution >= 4 is 29.1 Å². The molecule has 1 saturated heterocycles. The van der Waals surface area contributed by atoms with Gasteiger partial charge in [-0.3, -0.25) is 14.4 Å². The molecule has 2 aromatic rings. The molecule has 0 radical (unpaired) electrons. The first-order valence-electron chi connectivity index (χ1n) is 10.0. The minimum atomic E-state index is -0.239. The van der Waals surface area contributed by atoms with E-state index < -0.39 is 0 Å². The Hall–Kier alpha value is -3.15. The topological polar surface area (TPSA) is 69.7 Å². The van der Waals surface area contributed by atoms with E-state index in [9.17, 15) is 14.4 Å². The maximum Gasteiger partial charge on any atom is 0.254 e. The van der Waals surface area contributed by atoms with Crippen molar-refractivity contribution in [1.29, 1.82) is 0 Å². The summed E-state index contributed by atoms with van der Waals surface area (Å²) in [5.74, 6) is -0.353. The number of para-hydroxylation sites is 1. The molecule has 2 aromatic carbocycles. The molecule has 1 heterocycles. The summed E-state index contributed by atoms with van der Waals surface area (Å²) in [7, 11) is 1.61. The number of carbonyl (C=O) groups is 3. The maximum absolute atomic E-state index is 12.7. The van der Waals surface area contributed by atoms with Crippen LogP contribution in [-0.4, -0.2) is 42.8 Å². The Morgan fingerprint density at radius 2 is 1.79 bits per heavy atom. The van der Waals surface area contributed by atoms with Crippen LogP contribution in [-0.2, 0) is 16.0 Å².